The Labute approximate surface area is 120 Å². The molecule has 0 atom stereocenters. The molecule has 3 rings (SSSR count). The summed E-state index contributed by atoms with van der Waals surface area (Å²) in [5.41, 5.74) is 1.89. The lowest BCUT2D eigenvalue weighted by molar-refractivity contribution is 0.302. The van der Waals surface area contributed by atoms with Crippen LogP contribution in [-0.4, -0.2) is 4.98 Å². The molecular formula is C15H11Cl2NO. The molecule has 2 nitrogen and oxygen atoms in total. The Balaban J connectivity index is 1.83. The molecule has 2 aromatic carbocycles. The molecule has 0 bridgehead atoms. The lowest BCUT2D eigenvalue weighted by Crippen LogP contribution is -1.95. The third kappa shape index (κ3) is 2.55. The summed E-state index contributed by atoms with van der Waals surface area (Å²) >= 11 is 12.2. The van der Waals surface area contributed by atoms with E-state index in [2.05, 4.69) is 4.98 Å². The Hall–Kier alpha value is -1.64. The van der Waals surface area contributed by atoms with E-state index in [1.807, 2.05) is 42.5 Å². The fourth-order valence-electron chi connectivity index (χ4n) is 1.97. The lowest BCUT2D eigenvalue weighted by Gasteiger charge is -2.05. The van der Waals surface area contributed by atoms with Crippen molar-refractivity contribution < 1.29 is 4.74 Å². The van der Waals surface area contributed by atoms with Gasteiger partial charge >= 0.3 is 0 Å². The Morgan fingerprint density at radius 2 is 1.74 bits per heavy atom. The SMILES string of the molecule is Clc1ccccc1OCc1cc2cccc(Cl)c2[nH]1. The molecule has 0 aliphatic carbocycles. The van der Waals surface area contributed by atoms with Gasteiger partial charge in [0.2, 0.25) is 0 Å². The summed E-state index contributed by atoms with van der Waals surface area (Å²) in [6, 6.07) is 15.2. The average molecular weight is 292 g/mol. The zero-order valence-corrected chi connectivity index (χ0v) is 11.5. The number of nitrogens with one attached hydrogen (secondary N) is 1. The first-order chi connectivity index (χ1) is 9.24. The van der Waals surface area contributed by atoms with Crippen LogP contribution in [0.5, 0.6) is 5.75 Å². The van der Waals surface area contributed by atoms with Crippen LogP contribution in [0.15, 0.2) is 48.5 Å². The number of para-hydroxylation sites is 2. The molecule has 0 saturated heterocycles. The van der Waals surface area contributed by atoms with Crippen LogP contribution in [-0.2, 0) is 6.61 Å². The minimum absolute atomic E-state index is 0.425. The second-order valence-corrected chi connectivity index (χ2v) is 5.03. The first-order valence-corrected chi connectivity index (χ1v) is 6.63. The number of fused-ring (bicyclic) bond motifs is 1. The fraction of sp³-hybridized carbons (Fsp3) is 0.0667. The van der Waals surface area contributed by atoms with Crippen molar-refractivity contribution in [2.24, 2.45) is 0 Å². The quantitative estimate of drug-likeness (QED) is 0.717. The van der Waals surface area contributed by atoms with Crippen molar-refractivity contribution in [3.63, 3.8) is 0 Å². The van der Waals surface area contributed by atoms with Crippen LogP contribution in [0.2, 0.25) is 10.0 Å². The van der Waals surface area contributed by atoms with Gasteiger partial charge in [-0.2, -0.15) is 0 Å². The number of benzene rings is 2. The van der Waals surface area contributed by atoms with E-state index in [9.17, 15) is 0 Å². The Morgan fingerprint density at radius 3 is 2.53 bits per heavy atom. The Morgan fingerprint density at radius 1 is 0.947 bits per heavy atom. The van der Waals surface area contributed by atoms with Crippen molar-refractivity contribution in [1.82, 2.24) is 4.98 Å². The minimum Gasteiger partial charge on any atom is -0.486 e. The maximum absolute atomic E-state index is 6.12. The highest BCUT2D eigenvalue weighted by Gasteiger charge is 2.05. The molecule has 0 aliphatic rings. The number of hydrogen-bond donors (Lipinski definition) is 1. The van der Waals surface area contributed by atoms with E-state index < -0.39 is 0 Å². The molecule has 0 spiro atoms. The summed E-state index contributed by atoms with van der Waals surface area (Å²) < 4.78 is 5.69. The Bertz CT molecular complexity index is 721. The third-order valence-electron chi connectivity index (χ3n) is 2.88. The molecule has 96 valence electrons. The van der Waals surface area contributed by atoms with Crippen molar-refractivity contribution in [3.05, 3.63) is 64.3 Å². The van der Waals surface area contributed by atoms with Gasteiger partial charge in [0.1, 0.15) is 12.4 Å². The van der Waals surface area contributed by atoms with Crippen molar-refractivity contribution in [3.8, 4) is 5.75 Å². The Kier molecular flexibility index (Phi) is 3.36. The highest BCUT2D eigenvalue weighted by Crippen LogP contribution is 2.26. The molecular weight excluding hydrogens is 281 g/mol. The molecule has 0 amide bonds. The van der Waals surface area contributed by atoms with Crippen LogP contribution < -0.4 is 4.74 Å². The van der Waals surface area contributed by atoms with Gasteiger partial charge in [-0.25, -0.2) is 0 Å². The van der Waals surface area contributed by atoms with Crippen LogP contribution >= 0.6 is 23.2 Å². The van der Waals surface area contributed by atoms with Crippen molar-refractivity contribution in [2.75, 3.05) is 0 Å². The topological polar surface area (TPSA) is 25.0 Å². The number of H-pyrrole nitrogens is 1. The molecule has 3 aromatic rings. The van der Waals surface area contributed by atoms with E-state index in [0.717, 1.165) is 16.6 Å². The van der Waals surface area contributed by atoms with E-state index in [0.29, 0.717) is 22.4 Å². The molecule has 0 aliphatic heterocycles. The average Bonchev–Trinajstić information content (AvgIpc) is 2.82. The van der Waals surface area contributed by atoms with Gasteiger partial charge in [0.25, 0.3) is 0 Å². The summed E-state index contributed by atoms with van der Waals surface area (Å²) in [5.74, 6) is 0.675. The monoisotopic (exact) mass is 291 g/mol. The second-order valence-electron chi connectivity index (χ2n) is 4.22. The van der Waals surface area contributed by atoms with Crippen molar-refractivity contribution >= 4 is 34.1 Å². The van der Waals surface area contributed by atoms with Crippen LogP contribution in [0.1, 0.15) is 5.69 Å². The molecule has 1 heterocycles. The van der Waals surface area contributed by atoms with Gasteiger partial charge in [0.15, 0.2) is 0 Å². The molecule has 0 saturated carbocycles. The molecule has 1 N–H and O–H groups in total. The normalized spacial score (nSPS) is 10.8. The smallest absolute Gasteiger partial charge is 0.138 e. The van der Waals surface area contributed by atoms with E-state index in [-0.39, 0.29) is 0 Å². The van der Waals surface area contributed by atoms with Crippen LogP contribution in [0.4, 0.5) is 0 Å². The molecule has 19 heavy (non-hydrogen) atoms. The lowest BCUT2D eigenvalue weighted by atomic mass is 10.2. The minimum atomic E-state index is 0.425. The molecule has 0 fully saturated rings. The number of hydrogen-bond acceptors (Lipinski definition) is 1. The van der Waals surface area contributed by atoms with Crippen LogP contribution in [0, 0.1) is 0 Å². The predicted octanol–water partition coefficient (Wildman–Crippen LogP) is 5.05. The van der Waals surface area contributed by atoms with Crippen molar-refractivity contribution in [2.45, 2.75) is 6.61 Å². The van der Waals surface area contributed by atoms with Gasteiger partial charge in [0, 0.05) is 5.39 Å². The van der Waals surface area contributed by atoms with E-state index >= 15 is 0 Å². The molecule has 1 aromatic heterocycles. The number of rotatable bonds is 3. The number of aromatic amines is 1. The van der Waals surface area contributed by atoms with Gasteiger partial charge in [-0.1, -0.05) is 47.5 Å². The summed E-state index contributed by atoms with van der Waals surface area (Å²) in [7, 11) is 0. The van der Waals surface area contributed by atoms with Gasteiger partial charge in [-0.05, 0) is 24.3 Å². The fourth-order valence-corrected chi connectivity index (χ4v) is 2.39. The van der Waals surface area contributed by atoms with Gasteiger partial charge in [-0.3, -0.25) is 0 Å². The first-order valence-electron chi connectivity index (χ1n) is 5.87. The standard InChI is InChI=1S/C15H11Cl2NO/c16-12-5-1-2-7-14(12)19-9-11-8-10-4-3-6-13(17)15(10)18-11/h1-8,18H,9H2. The van der Waals surface area contributed by atoms with E-state index in [1.54, 1.807) is 6.07 Å². The summed E-state index contributed by atoms with van der Waals surface area (Å²) in [6.07, 6.45) is 0. The second kappa shape index (κ2) is 5.16. The zero-order valence-electron chi connectivity index (χ0n) is 9.99. The maximum atomic E-state index is 6.12. The van der Waals surface area contributed by atoms with Gasteiger partial charge in [0.05, 0.1) is 21.3 Å². The summed E-state index contributed by atoms with van der Waals surface area (Å²) in [4.78, 5) is 3.25. The third-order valence-corrected chi connectivity index (χ3v) is 3.51. The van der Waals surface area contributed by atoms with E-state index in [1.165, 1.54) is 0 Å². The summed E-state index contributed by atoms with van der Waals surface area (Å²) in [5, 5.41) is 2.39. The number of aromatic nitrogens is 1. The summed E-state index contributed by atoms with van der Waals surface area (Å²) in [6.45, 7) is 0.425. The van der Waals surface area contributed by atoms with Gasteiger partial charge in [-0.15, -0.1) is 0 Å². The highest BCUT2D eigenvalue weighted by atomic mass is 35.5. The molecule has 0 radical (unpaired) electrons. The van der Waals surface area contributed by atoms with Gasteiger partial charge < -0.3 is 9.72 Å². The first kappa shape index (κ1) is 12.4. The van der Waals surface area contributed by atoms with Crippen molar-refractivity contribution in [1.29, 1.82) is 0 Å². The molecule has 0 unspecified atom stereocenters. The number of ether oxygens (including phenoxy) is 1. The van der Waals surface area contributed by atoms with Crippen LogP contribution in [0.3, 0.4) is 0 Å². The maximum Gasteiger partial charge on any atom is 0.138 e. The van der Waals surface area contributed by atoms with E-state index in [4.69, 9.17) is 27.9 Å². The largest absolute Gasteiger partial charge is 0.486 e. The zero-order chi connectivity index (χ0) is 13.2. The molecule has 4 heteroatoms. The highest BCUT2D eigenvalue weighted by molar-refractivity contribution is 6.35. The van der Waals surface area contributed by atoms with Crippen LogP contribution in [0.25, 0.3) is 10.9 Å². The number of halogens is 2. The predicted molar refractivity (Wildman–Crippen MR) is 79.1 cm³/mol.